The molecule has 4 rings (SSSR count). The number of benzene rings is 2. The van der Waals surface area contributed by atoms with Gasteiger partial charge < -0.3 is 10.6 Å². The van der Waals surface area contributed by atoms with Crippen molar-refractivity contribution in [2.75, 3.05) is 13.1 Å². The van der Waals surface area contributed by atoms with Gasteiger partial charge in [0, 0.05) is 36.7 Å². The van der Waals surface area contributed by atoms with Gasteiger partial charge in [0.15, 0.2) is 0 Å². The number of hydrogen-bond acceptors (Lipinski definition) is 3. The summed E-state index contributed by atoms with van der Waals surface area (Å²) in [5.41, 5.74) is 4.53. The van der Waals surface area contributed by atoms with E-state index in [1.54, 1.807) is 12.4 Å². The molecule has 0 bridgehead atoms. The highest BCUT2D eigenvalue weighted by atomic mass is 16.2. The van der Waals surface area contributed by atoms with Gasteiger partial charge in [0.25, 0.3) is 5.91 Å². The molecular formula is C20H20N4O2. The van der Waals surface area contributed by atoms with Gasteiger partial charge in [-0.2, -0.15) is 0 Å². The maximum Gasteiger partial charge on any atom is 0.251 e. The third kappa shape index (κ3) is 3.18. The summed E-state index contributed by atoms with van der Waals surface area (Å²) in [6.45, 7) is 3.17. The van der Waals surface area contributed by atoms with Gasteiger partial charge in [-0.05, 0) is 42.8 Å². The van der Waals surface area contributed by atoms with Gasteiger partial charge in [-0.1, -0.05) is 12.1 Å². The maximum atomic E-state index is 12.4. The molecule has 1 aliphatic heterocycles. The van der Waals surface area contributed by atoms with Crippen LogP contribution in [-0.4, -0.2) is 34.5 Å². The first-order valence-corrected chi connectivity index (χ1v) is 8.69. The predicted molar refractivity (Wildman–Crippen MR) is 99.3 cm³/mol. The summed E-state index contributed by atoms with van der Waals surface area (Å²) < 4.78 is 2.01. The smallest absolute Gasteiger partial charge is 0.251 e. The van der Waals surface area contributed by atoms with E-state index in [-0.39, 0.29) is 17.7 Å². The second-order valence-electron chi connectivity index (χ2n) is 6.74. The minimum Gasteiger partial charge on any atom is -0.356 e. The number of amides is 2. The number of nitrogens with one attached hydrogen (secondary N) is 2. The molecule has 6 nitrogen and oxygen atoms in total. The molecule has 1 atom stereocenters. The van der Waals surface area contributed by atoms with Gasteiger partial charge in [-0.25, -0.2) is 4.98 Å². The molecule has 1 unspecified atom stereocenters. The first kappa shape index (κ1) is 16.3. The Morgan fingerprint density at radius 1 is 1.31 bits per heavy atom. The molecule has 3 aromatic rings. The second kappa shape index (κ2) is 6.63. The van der Waals surface area contributed by atoms with Gasteiger partial charge in [0.2, 0.25) is 5.91 Å². The van der Waals surface area contributed by atoms with Crippen LogP contribution < -0.4 is 10.6 Å². The summed E-state index contributed by atoms with van der Waals surface area (Å²) >= 11 is 0. The zero-order chi connectivity index (χ0) is 18.1. The lowest BCUT2D eigenvalue weighted by Gasteiger charge is -2.09. The highest BCUT2D eigenvalue weighted by molar-refractivity contribution is 5.97. The number of carbonyl (C=O) groups is 2. The van der Waals surface area contributed by atoms with Crippen LogP contribution in [0.4, 0.5) is 0 Å². The normalized spacial score (nSPS) is 16.7. The Morgan fingerprint density at radius 3 is 2.96 bits per heavy atom. The third-order valence-electron chi connectivity index (χ3n) is 4.70. The molecule has 2 heterocycles. The van der Waals surface area contributed by atoms with Gasteiger partial charge in [0.05, 0.1) is 11.0 Å². The summed E-state index contributed by atoms with van der Waals surface area (Å²) in [6.07, 6.45) is 2.25. The molecule has 0 aliphatic carbocycles. The van der Waals surface area contributed by atoms with Crippen molar-refractivity contribution >= 4 is 22.8 Å². The van der Waals surface area contributed by atoms with Gasteiger partial charge >= 0.3 is 0 Å². The molecule has 0 saturated carbocycles. The fraction of sp³-hybridized carbons (Fsp3) is 0.250. The molecule has 2 amide bonds. The lowest BCUT2D eigenvalue weighted by atomic mass is 10.1. The van der Waals surface area contributed by atoms with Crippen LogP contribution in [-0.2, 0) is 4.79 Å². The van der Waals surface area contributed by atoms with Crippen molar-refractivity contribution in [3.05, 3.63) is 59.9 Å². The summed E-state index contributed by atoms with van der Waals surface area (Å²) in [5, 5.41) is 5.68. The molecule has 6 heteroatoms. The molecular weight excluding hydrogens is 328 g/mol. The van der Waals surface area contributed by atoms with Crippen molar-refractivity contribution in [2.24, 2.45) is 5.92 Å². The van der Waals surface area contributed by atoms with E-state index in [0.29, 0.717) is 25.1 Å². The van der Waals surface area contributed by atoms with E-state index in [1.807, 2.05) is 28.8 Å². The summed E-state index contributed by atoms with van der Waals surface area (Å²) in [4.78, 5) is 28.1. The largest absolute Gasteiger partial charge is 0.356 e. The molecule has 0 radical (unpaired) electrons. The van der Waals surface area contributed by atoms with Crippen molar-refractivity contribution in [1.29, 1.82) is 0 Å². The number of aryl methyl sites for hydroxylation is 1. The molecule has 1 fully saturated rings. The van der Waals surface area contributed by atoms with E-state index in [9.17, 15) is 9.59 Å². The molecule has 132 valence electrons. The average molecular weight is 348 g/mol. The Kier molecular flexibility index (Phi) is 4.16. The Morgan fingerprint density at radius 2 is 2.19 bits per heavy atom. The highest BCUT2D eigenvalue weighted by Gasteiger charge is 2.22. The zero-order valence-electron chi connectivity index (χ0n) is 14.5. The third-order valence-corrected chi connectivity index (χ3v) is 4.70. The minimum absolute atomic E-state index is 0.0485. The standard InChI is InChI=1S/C20H20N4O2/c1-13-3-2-4-16(7-13)24-12-23-17-9-15(5-6-18(17)24)20(26)22-11-14-8-19(25)21-10-14/h2-7,9,12,14H,8,10-11H2,1H3,(H,21,25)(H,22,26). The number of nitrogens with zero attached hydrogens (tertiary/aromatic N) is 2. The second-order valence-corrected chi connectivity index (χ2v) is 6.74. The molecule has 2 aromatic carbocycles. The fourth-order valence-corrected chi connectivity index (χ4v) is 3.29. The topological polar surface area (TPSA) is 76.0 Å². The average Bonchev–Trinajstić information content (AvgIpc) is 3.25. The Hall–Kier alpha value is -3.15. The van der Waals surface area contributed by atoms with Crippen LogP contribution in [0.3, 0.4) is 0 Å². The lowest BCUT2D eigenvalue weighted by molar-refractivity contribution is -0.119. The number of rotatable bonds is 4. The number of aromatic nitrogens is 2. The predicted octanol–water partition coefficient (Wildman–Crippen LogP) is 2.20. The van der Waals surface area contributed by atoms with E-state index in [2.05, 4.69) is 34.7 Å². The van der Waals surface area contributed by atoms with Crippen molar-refractivity contribution in [3.8, 4) is 5.69 Å². The van der Waals surface area contributed by atoms with Crippen molar-refractivity contribution < 1.29 is 9.59 Å². The molecule has 1 aromatic heterocycles. The summed E-state index contributed by atoms with van der Waals surface area (Å²) in [5.74, 6) is 0.0689. The van der Waals surface area contributed by atoms with Crippen LogP contribution in [0.25, 0.3) is 16.7 Å². The highest BCUT2D eigenvalue weighted by Crippen LogP contribution is 2.20. The lowest BCUT2D eigenvalue weighted by Crippen LogP contribution is -2.30. The van der Waals surface area contributed by atoms with Crippen molar-refractivity contribution in [1.82, 2.24) is 20.2 Å². The van der Waals surface area contributed by atoms with Crippen LogP contribution in [0.2, 0.25) is 0 Å². The first-order chi connectivity index (χ1) is 12.6. The Balaban J connectivity index is 1.53. The molecule has 2 N–H and O–H groups in total. The van der Waals surface area contributed by atoms with E-state index in [1.165, 1.54) is 5.56 Å². The van der Waals surface area contributed by atoms with Crippen molar-refractivity contribution in [3.63, 3.8) is 0 Å². The first-order valence-electron chi connectivity index (χ1n) is 8.69. The Labute approximate surface area is 151 Å². The molecule has 1 saturated heterocycles. The molecule has 26 heavy (non-hydrogen) atoms. The molecule has 1 aliphatic rings. The maximum absolute atomic E-state index is 12.4. The number of imidazole rings is 1. The van der Waals surface area contributed by atoms with Crippen LogP contribution in [0.1, 0.15) is 22.3 Å². The van der Waals surface area contributed by atoms with Gasteiger partial charge in [-0.3, -0.25) is 14.2 Å². The summed E-state index contributed by atoms with van der Waals surface area (Å²) in [6, 6.07) is 13.7. The van der Waals surface area contributed by atoms with Crippen LogP contribution in [0.5, 0.6) is 0 Å². The van der Waals surface area contributed by atoms with Gasteiger partial charge in [0.1, 0.15) is 6.33 Å². The van der Waals surface area contributed by atoms with E-state index >= 15 is 0 Å². The summed E-state index contributed by atoms with van der Waals surface area (Å²) in [7, 11) is 0. The molecule has 0 spiro atoms. The number of carbonyl (C=O) groups excluding carboxylic acids is 2. The zero-order valence-corrected chi connectivity index (χ0v) is 14.5. The van der Waals surface area contributed by atoms with E-state index in [4.69, 9.17) is 0 Å². The van der Waals surface area contributed by atoms with Crippen LogP contribution in [0, 0.1) is 12.8 Å². The minimum atomic E-state index is -0.142. The number of hydrogen-bond donors (Lipinski definition) is 2. The van der Waals surface area contributed by atoms with Gasteiger partial charge in [-0.15, -0.1) is 0 Å². The van der Waals surface area contributed by atoms with Crippen LogP contribution >= 0.6 is 0 Å². The van der Waals surface area contributed by atoms with E-state index < -0.39 is 0 Å². The Bertz CT molecular complexity index is 992. The SMILES string of the molecule is Cc1cccc(-n2cnc3cc(C(=O)NCC4CNC(=O)C4)ccc32)c1. The quantitative estimate of drug-likeness (QED) is 0.759. The van der Waals surface area contributed by atoms with E-state index in [0.717, 1.165) is 16.7 Å². The monoisotopic (exact) mass is 348 g/mol. The fourth-order valence-electron chi connectivity index (χ4n) is 3.29. The van der Waals surface area contributed by atoms with Crippen LogP contribution in [0.15, 0.2) is 48.8 Å². The van der Waals surface area contributed by atoms with Crippen molar-refractivity contribution in [2.45, 2.75) is 13.3 Å². The number of fused-ring (bicyclic) bond motifs is 1.